The summed E-state index contributed by atoms with van der Waals surface area (Å²) in [7, 11) is 0. The minimum Gasteiger partial charge on any atom is -0.388 e. The molecule has 110 valence electrons. The zero-order valence-corrected chi connectivity index (χ0v) is 12.8. The molecule has 1 aliphatic rings. The van der Waals surface area contributed by atoms with E-state index in [-0.39, 0.29) is 24.8 Å². The van der Waals surface area contributed by atoms with Crippen LogP contribution in [-0.2, 0) is 6.42 Å². The zero-order chi connectivity index (χ0) is 12.1. The quantitative estimate of drug-likeness (QED) is 0.893. The van der Waals surface area contributed by atoms with Crippen LogP contribution in [0.2, 0.25) is 0 Å². The van der Waals surface area contributed by atoms with Gasteiger partial charge in [0.15, 0.2) is 0 Å². The van der Waals surface area contributed by atoms with Crippen LogP contribution >= 0.6 is 24.8 Å². The molecule has 0 aliphatic carbocycles. The number of hydrogen-bond donors (Lipinski definition) is 2. The molecular formula is C14H24Cl2N2O. The SMILES string of the molecule is Cl.Cl.NCC1(O)CCN(CCc2ccccc2)CC1. The maximum Gasteiger partial charge on any atom is 0.0793 e. The van der Waals surface area contributed by atoms with Crippen molar-refractivity contribution in [2.24, 2.45) is 5.73 Å². The van der Waals surface area contributed by atoms with Gasteiger partial charge in [0.2, 0.25) is 0 Å². The van der Waals surface area contributed by atoms with E-state index in [2.05, 4.69) is 29.2 Å². The monoisotopic (exact) mass is 306 g/mol. The first kappa shape index (κ1) is 18.7. The summed E-state index contributed by atoms with van der Waals surface area (Å²) in [6.45, 7) is 3.38. The number of aliphatic hydroxyl groups is 1. The normalized spacial score (nSPS) is 18.2. The van der Waals surface area contributed by atoms with Gasteiger partial charge in [-0.25, -0.2) is 0 Å². The zero-order valence-electron chi connectivity index (χ0n) is 11.1. The number of benzene rings is 1. The van der Waals surface area contributed by atoms with E-state index >= 15 is 0 Å². The summed E-state index contributed by atoms with van der Waals surface area (Å²) in [6, 6.07) is 10.5. The molecule has 3 N–H and O–H groups in total. The largest absolute Gasteiger partial charge is 0.388 e. The summed E-state index contributed by atoms with van der Waals surface area (Å²) in [5.41, 5.74) is 6.35. The number of piperidine rings is 1. The summed E-state index contributed by atoms with van der Waals surface area (Å²) in [5.74, 6) is 0. The second-order valence-electron chi connectivity index (χ2n) is 5.01. The van der Waals surface area contributed by atoms with Crippen molar-refractivity contribution in [2.75, 3.05) is 26.2 Å². The number of likely N-dealkylation sites (tertiary alicyclic amines) is 1. The van der Waals surface area contributed by atoms with Crippen LogP contribution in [0.5, 0.6) is 0 Å². The molecule has 0 unspecified atom stereocenters. The van der Waals surface area contributed by atoms with Gasteiger partial charge in [-0.2, -0.15) is 0 Å². The maximum atomic E-state index is 10.0. The molecular weight excluding hydrogens is 283 g/mol. The van der Waals surface area contributed by atoms with E-state index in [4.69, 9.17) is 5.73 Å². The molecule has 3 nitrogen and oxygen atoms in total. The van der Waals surface area contributed by atoms with Gasteiger partial charge in [-0.3, -0.25) is 0 Å². The van der Waals surface area contributed by atoms with Crippen LogP contribution in [0.25, 0.3) is 0 Å². The lowest BCUT2D eigenvalue weighted by Crippen LogP contribution is -2.49. The molecule has 0 radical (unpaired) electrons. The molecule has 1 aromatic rings. The smallest absolute Gasteiger partial charge is 0.0793 e. The second kappa shape index (κ2) is 8.77. The molecule has 1 aromatic carbocycles. The molecule has 0 atom stereocenters. The Kier molecular flexibility index (Phi) is 8.62. The molecule has 1 saturated heterocycles. The highest BCUT2D eigenvalue weighted by Gasteiger charge is 2.30. The molecule has 0 amide bonds. The van der Waals surface area contributed by atoms with Crippen LogP contribution in [0.3, 0.4) is 0 Å². The highest BCUT2D eigenvalue weighted by atomic mass is 35.5. The Morgan fingerprint density at radius 3 is 2.21 bits per heavy atom. The van der Waals surface area contributed by atoms with Crippen LogP contribution in [-0.4, -0.2) is 41.8 Å². The fourth-order valence-electron chi connectivity index (χ4n) is 2.33. The van der Waals surface area contributed by atoms with Gasteiger partial charge in [0.25, 0.3) is 0 Å². The van der Waals surface area contributed by atoms with Gasteiger partial charge in [-0.05, 0) is 24.8 Å². The van der Waals surface area contributed by atoms with E-state index in [0.29, 0.717) is 6.54 Å². The minimum atomic E-state index is -0.608. The predicted octanol–water partition coefficient (Wildman–Crippen LogP) is 1.86. The average molecular weight is 307 g/mol. The van der Waals surface area contributed by atoms with Crippen molar-refractivity contribution in [1.82, 2.24) is 4.90 Å². The lowest BCUT2D eigenvalue weighted by molar-refractivity contribution is -0.0130. The topological polar surface area (TPSA) is 49.5 Å². The molecule has 0 saturated carbocycles. The Labute approximate surface area is 128 Å². The molecule has 1 fully saturated rings. The van der Waals surface area contributed by atoms with Crippen LogP contribution in [0.15, 0.2) is 30.3 Å². The van der Waals surface area contributed by atoms with Gasteiger partial charge in [-0.1, -0.05) is 30.3 Å². The van der Waals surface area contributed by atoms with Gasteiger partial charge < -0.3 is 15.7 Å². The molecule has 5 heteroatoms. The predicted molar refractivity (Wildman–Crippen MR) is 84.3 cm³/mol. The lowest BCUT2D eigenvalue weighted by Gasteiger charge is -2.37. The molecule has 0 bridgehead atoms. The molecule has 1 aliphatic heterocycles. The van der Waals surface area contributed by atoms with E-state index in [1.54, 1.807) is 0 Å². The number of nitrogens with zero attached hydrogens (tertiary/aromatic N) is 1. The van der Waals surface area contributed by atoms with Gasteiger partial charge in [0.1, 0.15) is 0 Å². The number of nitrogens with two attached hydrogens (primary N) is 1. The van der Waals surface area contributed by atoms with Crippen LogP contribution in [0.4, 0.5) is 0 Å². The number of hydrogen-bond acceptors (Lipinski definition) is 3. The summed E-state index contributed by atoms with van der Waals surface area (Å²) in [4.78, 5) is 2.41. The first-order valence-corrected chi connectivity index (χ1v) is 6.41. The van der Waals surface area contributed by atoms with Crippen molar-refractivity contribution in [2.45, 2.75) is 24.9 Å². The van der Waals surface area contributed by atoms with Gasteiger partial charge >= 0.3 is 0 Å². The van der Waals surface area contributed by atoms with Crippen molar-refractivity contribution < 1.29 is 5.11 Å². The second-order valence-corrected chi connectivity index (χ2v) is 5.01. The molecule has 2 rings (SSSR count). The van der Waals surface area contributed by atoms with Crippen LogP contribution in [0.1, 0.15) is 18.4 Å². The minimum absolute atomic E-state index is 0. The van der Waals surface area contributed by atoms with Crippen molar-refractivity contribution in [3.05, 3.63) is 35.9 Å². The Balaban J connectivity index is 0.00000162. The van der Waals surface area contributed by atoms with Crippen molar-refractivity contribution in [3.8, 4) is 0 Å². The van der Waals surface area contributed by atoms with E-state index in [1.807, 2.05) is 6.07 Å². The first-order chi connectivity index (χ1) is 8.22. The van der Waals surface area contributed by atoms with Crippen molar-refractivity contribution >= 4 is 24.8 Å². The Hall–Kier alpha value is -0.320. The van der Waals surface area contributed by atoms with Gasteiger partial charge in [0.05, 0.1) is 5.60 Å². The van der Waals surface area contributed by atoms with Crippen molar-refractivity contribution in [1.29, 1.82) is 0 Å². The summed E-state index contributed by atoms with van der Waals surface area (Å²) in [5, 5.41) is 10.0. The first-order valence-electron chi connectivity index (χ1n) is 6.41. The Morgan fingerprint density at radius 1 is 1.11 bits per heavy atom. The Morgan fingerprint density at radius 2 is 1.68 bits per heavy atom. The standard InChI is InChI=1S/C14H22N2O.2ClH/c15-12-14(17)7-10-16(11-8-14)9-6-13-4-2-1-3-5-13;;/h1-5,17H,6-12,15H2;2*1H. The number of halogens is 2. The Bertz CT molecular complexity index is 341. The summed E-state index contributed by atoms with van der Waals surface area (Å²) >= 11 is 0. The van der Waals surface area contributed by atoms with E-state index in [0.717, 1.165) is 38.9 Å². The van der Waals surface area contributed by atoms with Crippen LogP contribution in [0, 0.1) is 0 Å². The number of rotatable bonds is 4. The van der Waals surface area contributed by atoms with E-state index < -0.39 is 5.60 Å². The fraction of sp³-hybridized carbons (Fsp3) is 0.571. The van der Waals surface area contributed by atoms with Crippen LogP contribution < -0.4 is 5.73 Å². The lowest BCUT2D eigenvalue weighted by atomic mass is 9.91. The molecule has 19 heavy (non-hydrogen) atoms. The third-order valence-electron chi connectivity index (χ3n) is 3.73. The fourth-order valence-corrected chi connectivity index (χ4v) is 2.33. The third kappa shape index (κ3) is 5.67. The average Bonchev–Trinajstić information content (AvgIpc) is 2.39. The molecule has 0 aromatic heterocycles. The summed E-state index contributed by atoms with van der Waals surface area (Å²) < 4.78 is 0. The van der Waals surface area contributed by atoms with Crippen molar-refractivity contribution in [3.63, 3.8) is 0 Å². The highest BCUT2D eigenvalue weighted by Crippen LogP contribution is 2.20. The summed E-state index contributed by atoms with van der Waals surface area (Å²) in [6.07, 6.45) is 2.69. The highest BCUT2D eigenvalue weighted by molar-refractivity contribution is 5.85. The maximum absolute atomic E-state index is 10.0. The molecule has 0 spiro atoms. The molecule has 1 heterocycles. The third-order valence-corrected chi connectivity index (χ3v) is 3.73. The van der Waals surface area contributed by atoms with E-state index in [1.165, 1.54) is 5.56 Å². The van der Waals surface area contributed by atoms with Gasteiger partial charge in [0, 0.05) is 26.2 Å². The van der Waals surface area contributed by atoms with Gasteiger partial charge in [-0.15, -0.1) is 24.8 Å². The van der Waals surface area contributed by atoms with E-state index in [9.17, 15) is 5.11 Å².